The Kier molecular flexibility index (Phi) is 5.44. The van der Waals surface area contributed by atoms with E-state index in [-0.39, 0.29) is 18.6 Å². The van der Waals surface area contributed by atoms with E-state index in [1.54, 1.807) is 4.90 Å². The molecule has 1 aromatic carbocycles. The van der Waals surface area contributed by atoms with Gasteiger partial charge in [0, 0.05) is 23.3 Å². The molecular weight excluding hydrogens is 402 g/mol. The lowest BCUT2D eigenvalue weighted by atomic mass is 9.94. The molecule has 0 bridgehead atoms. The average molecular weight is 430 g/mol. The lowest BCUT2D eigenvalue weighted by molar-refractivity contribution is -0.143. The van der Waals surface area contributed by atoms with Gasteiger partial charge in [0.15, 0.2) is 16.6 Å². The Morgan fingerprint density at radius 3 is 2.80 bits per heavy atom. The van der Waals surface area contributed by atoms with Crippen molar-refractivity contribution in [2.75, 3.05) is 18.7 Å². The van der Waals surface area contributed by atoms with Gasteiger partial charge >= 0.3 is 0 Å². The molecule has 3 heterocycles. The summed E-state index contributed by atoms with van der Waals surface area (Å²) in [5, 5.41) is 3.51. The normalized spacial score (nSPS) is 18.0. The van der Waals surface area contributed by atoms with Crippen LogP contribution in [0.25, 0.3) is 0 Å². The summed E-state index contributed by atoms with van der Waals surface area (Å²) in [5.74, 6) is 1.37. The number of nitrogens with one attached hydrogen (secondary N) is 1. The smallest absolute Gasteiger partial charge is 0.248 e. The van der Waals surface area contributed by atoms with Crippen molar-refractivity contribution in [3.8, 4) is 11.5 Å². The standard InChI is InChI=1S/C22H27N3O4S/c1-13-18(11-14-7-8-16-17(10-14)29-12-28-16)30-21(23-13)24-19(26)15-6-5-9-25(15)20(27)22(2,3)4/h7-8,10,15H,5-6,9,11-12H2,1-4H3,(H,23,24,26). The minimum Gasteiger partial charge on any atom is -0.454 e. The van der Waals surface area contributed by atoms with Crippen LogP contribution in [0.2, 0.25) is 0 Å². The molecule has 160 valence electrons. The van der Waals surface area contributed by atoms with Crippen LogP contribution in [0, 0.1) is 12.3 Å². The minimum atomic E-state index is -0.502. The van der Waals surface area contributed by atoms with Crippen molar-refractivity contribution in [2.24, 2.45) is 5.41 Å². The molecule has 7 nitrogen and oxygen atoms in total. The Hall–Kier alpha value is -2.61. The molecule has 1 unspecified atom stereocenters. The fourth-order valence-electron chi connectivity index (χ4n) is 3.78. The van der Waals surface area contributed by atoms with E-state index >= 15 is 0 Å². The molecule has 4 rings (SSSR count). The van der Waals surface area contributed by atoms with Crippen molar-refractivity contribution < 1.29 is 19.1 Å². The van der Waals surface area contributed by atoms with Gasteiger partial charge in [0.1, 0.15) is 6.04 Å². The van der Waals surface area contributed by atoms with Crippen LogP contribution < -0.4 is 14.8 Å². The number of hydrogen-bond acceptors (Lipinski definition) is 6. The van der Waals surface area contributed by atoms with Crippen LogP contribution in [0.3, 0.4) is 0 Å². The highest BCUT2D eigenvalue weighted by Crippen LogP contribution is 2.34. The molecule has 0 aliphatic carbocycles. The predicted molar refractivity (Wildman–Crippen MR) is 115 cm³/mol. The van der Waals surface area contributed by atoms with Gasteiger partial charge in [-0.05, 0) is 37.5 Å². The molecule has 8 heteroatoms. The first kappa shape index (κ1) is 20.7. The predicted octanol–water partition coefficient (Wildman–Crippen LogP) is 3.75. The summed E-state index contributed by atoms with van der Waals surface area (Å²) in [4.78, 5) is 32.9. The van der Waals surface area contributed by atoms with E-state index < -0.39 is 11.5 Å². The number of aryl methyl sites for hydroxylation is 1. The SMILES string of the molecule is Cc1nc(NC(=O)C2CCCN2C(=O)C(C)(C)C)sc1Cc1ccc2c(c1)OCO2. The van der Waals surface area contributed by atoms with Crippen LogP contribution in [0.5, 0.6) is 11.5 Å². The highest BCUT2D eigenvalue weighted by molar-refractivity contribution is 7.15. The number of carbonyl (C=O) groups excluding carboxylic acids is 2. The van der Waals surface area contributed by atoms with Crippen LogP contribution in [0.4, 0.5) is 5.13 Å². The molecule has 1 saturated heterocycles. The molecule has 30 heavy (non-hydrogen) atoms. The second kappa shape index (κ2) is 7.91. The van der Waals surface area contributed by atoms with Gasteiger partial charge in [-0.2, -0.15) is 0 Å². The van der Waals surface area contributed by atoms with Crippen molar-refractivity contribution >= 4 is 28.3 Å². The Morgan fingerprint density at radius 1 is 1.27 bits per heavy atom. The average Bonchev–Trinajstić information content (AvgIpc) is 3.40. The molecule has 2 aliphatic rings. The highest BCUT2D eigenvalue weighted by atomic mass is 32.1. The summed E-state index contributed by atoms with van der Waals surface area (Å²) in [6.07, 6.45) is 2.22. The first-order valence-electron chi connectivity index (χ1n) is 10.2. The number of fused-ring (bicyclic) bond motifs is 1. The first-order valence-corrected chi connectivity index (χ1v) is 11.0. The molecule has 1 N–H and O–H groups in total. The van der Waals surface area contributed by atoms with Gasteiger partial charge < -0.3 is 19.7 Å². The van der Waals surface area contributed by atoms with Crippen LogP contribution >= 0.6 is 11.3 Å². The van der Waals surface area contributed by atoms with Crippen LogP contribution in [0.15, 0.2) is 18.2 Å². The molecule has 2 aliphatic heterocycles. The zero-order valence-electron chi connectivity index (χ0n) is 17.8. The lowest BCUT2D eigenvalue weighted by Gasteiger charge is -2.30. The van der Waals surface area contributed by atoms with E-state index in [4.69, 9.17) is 9.47 Å². The van der Waals surface area contributed by atoms with Crippen molar-refractivity contribution in [2.45, 2.75) is 53.0 Å². The maximum Gasteiger partial charge on any atom is 0.248 e. The Balaban J connectivity index is 1.44. The van der Waals surface area contributed by atoms with Crippen LogP contribution in [-0.2, 0) is 16.0 Å². The van der Waals surface area contributed by atoms with E-state index in [9.17, 15) is 9.59 Å². The number of hydrogen-bond donors (Lipinski definition) is 1. The number of thiazole rings is 1. The third kappa shape index (κ3) is 4.14. The summed E-state index contributed by atoms with van der Waals surface area (Å²) >= 11 is 1.47. The zero-order chi connectivity index (χ0) is 21.5. The largest absolute Gasteiger partial charge is 0.454 e. The summed E-state index contributed by atoms with van der Waals surface area (Å²) in [6.45, 7) is 8.48. The molecule has 0 radical (unpaired) electrons. The third-order valence-electron chi connectivity index (χ3n) is 5.38. The maximum atomic E-state index is 12.9. The van der Waals surface area contributed by atoms with Crippen LogP contribution in [0.1, 0.15) is 49.7 Å². The van der Waals surface area contributed by atoms with E-state index in [2.05, 4.69) is 10.3 Å². The number of amides is 2. The fourth-order valence-corrected chi connectivity index (χ4v) is 4.78. The van der Waals surface area contributed by atoms with Gasteiger partial charge in [-0.1, -0.05) is 26.8 Å². The number of aromatic nitrogens is 1. The molecule has 1 fully saturated rings. The highest BCUT2D eigenvalue weighted by Gasteiger charge is 2.38. The Bertz CT molecular complexity index is 979. The topological polar surface area (TPSA) is 80.8 Å². The minimum absolute atomic E-state index is 0.0129. The summed E-state index contributed by atoms with van der Waals surface area (Å²) in [5.41, 5.74) is 1.49. The lowest BCUT2D eigenvalue weighted by Crippen LogP contribution is -2.47. The number of likely N-dealkylation sites (tertiary alicyclic amines) is 1. The maximum absolute atomic E-state index is 12.9. The second-order valence-electron chi connectivity index (χ2n) is 8.79. The van der Waals surface area contributed by atoms with Crippen molar-refractivity contribution in [3.63, 3.8) is 0 Å². The van der Waals surface area contributed by atoms with E-state index in [1.165, 1.54) is 11.3 Å². The van der Waals surface area contributed by atoms with Crippen LogP contribution in [-0.4, -0.2) is 41.1 Å². The first-order chi connectivity index (χ1) is 14.2. The van der Waals surface area contributed by atoms with Crippen molar-refractivity contribution in [1.29, 1.82) is 0 Å². The van der Waals surface area contributed by atoms with E-state index in [0.717, 1.165) is 34.1 Å². The van der Waals surface area contributed by atoms with E-state index in [0.29, 0.717) is 24.5 Å². The Morgan fingerprint density at radius 2 is 2.03 bits per heavy atom. The number of rotatable bonds is 4. The molecule has 0 spiro atoms. The number of benzene rings is 1. The second-order valence-corrected chi connectivity index (χ2v) is 9.87. The third-order valence-corrected chi connectivity index (χ3v) is 6.46. The molecular formula is C22H27N3O4S. The summed E-state index contributed by atoms with van der Waals surface area (Å²) < 4.78 is 10.8. The number of anilines is 1. The summed E-state index contributed by atoms with van der Waals surface area (Å²) in [7, 11) is 0. The molecule has 0 saturated carbocycles. The molecule has 2 aromatic rings. The zero-order valence-corrected chi connectivity index (χ0v) is 18.6. The molecule has 1 aromatic heterocycles. The molecule has 2 amide bonds. The van der Waals surface area contributed by atoms with Gasteiger partial charge in [0.05, 0.1) is 5.69 Å². The van der Waals surface area contributed by atoms with Gasteiger partial charge in [-0.15, -0.1) is 11.3 Å². The number of nitrogens with zero attached hydrogens (tertiary/aromatic N) is 2. The van der Waals surface area contributed by atoms with Gasteiger partial charge in [0.2, 0.25) is 18.6 Å². The number of carbonyl (C=O) groups is 2. The van der Waals surface area contributed by atoms with Crippen molar-refractivity contribution in [3.05, 3.63) is 34.3 Å². The Labute approximate surface area is 180 Å². The van der Waals surface area contributed by atoms with Gasteiger partial charge in [-0.25, -0.2) is 4.98 Å². The summed E-state index contributed by atoms with van der Waals surface area (Å²) in [6, 6.07) is 5.48. The van der Waals surface area contributed by atoms with Gasteiger partial charge in [-0.3, -0.25) is 9.59 Å². The number of ether oxygens (including phenoxy) is 2. The molecule has 1 atom stereocenters. The van der Waals surface area contributed by atoms with Gasteiger partial charge in [0.25, 0.3) is 0 Å². The monoisotopic (exact) mass is 429 g/mol. The fraction of sp³-hybridized carbons (Fsp3) is 0.500. The quantitative estimate of drug-likeness (QED) is 0.801. The van der Waals surface area contributed by atoms with E-state index in [1.807, 2.05) is 45.9 Å². The van der Waals surface area contributed by atoms with Crippen molar-refractivity contribution in [1.82, 2.24) is 9.88 Å².